The highest BCUT2D eigenvalue weighted by Crippen LogP contribution is 2.27. The first-order valence-corrected chi connectivity index (χ1v) is 9.81. The lowest BCUT2D eigenvalue weighted by Crippen LogP contribution is -2.29. The molecular formula is C15H18ClNO5S2. The van der Waals surface area contributed by atoms with Crippen LogP contribution in [0.5, 0.6) is 5.75 Å². The van der Waals surface area contributed by atoms with Gasteiger partial charge in [0, 0.05) is 11.4 Å². The SMILES string of the molecule is COc1ccc(S(=O)(=O)NC[C@@H](OCCO)c2cccs2)cc1Cl. The summed E-state index contributed by atoms with van der Waals surface area (Å²) in [5.74, 6) is 0.401. The number of hydrogen-bond acceptors (Lipinski definition) is 6. The van der Waals surface area contributed by atoms with Crippen molar-refractivity contribution in [3.05, 3.63) is 45.6 Å². The molecular weight excluding hydrogens is 374 g/mol. The molecule has 0 saturated carbocycles. The van der Waals surface area contributed by atoms with E-state index in [9.17, 15) is 8.42 Å². The van der Waals surface area contributed by atoms with E-state index in [0.29, 0.717) is 5.75 Å². The lowest BCUT2D eigenvalue weighted by molar-refractivity contribution is 0.0328. The zero-order chi connectivity index (χ0) is 17.6. The van der Waals surface area contributed by atoms with Crippen molar-refractivity contribution >= 4 is 33.0 Å². The van der Waals surface area contributed by atoms with E-state index in [4.69, 9.17) is 26.2 Å². The Hall–Kier alpha value is -1.16. The van der Waals surface area contributed by atoms with Gasteiger partial charge in [-0.3, -0.25) is 0 Å². The number of thiophene rings is 1. The Labute approximate surface area is 150 Å². The van der Waals surface area contributed by atoms with Gasteiger partial charge in [-0.05, 0) is 29.6 Å². The van der Waals surface area contributed by atoms with Crippen LogP contribution in [0.3, 0.4) is 0 Å². The van der Waals surface area contributed by atoms with Gasteiger partial charge in [0.25, 0.3) is 0 Å². The number of aliphatic hydroxyl groups is 1. The van der Waals surface area contributed by atoms with Gasteiger partial charge in [0.05, 0.1) is 30.2 Å². The largest absolute Gasteiger partial charge is 0.495 e. The minimum absolute atomic E-state index is 0.0420. The van der Waals surface area contributed by atoms with Crippen LogP contribution in [0.4, 0.5) is 0 Å². The maximum absolute atomic E-state index is 12.4. The van der Waals surface area contributed by atoms with Crippen molar-refractivity contribution in [2.75, 3.05) is 26.9 Å². The molecule has 0 aliphatic rings. The van der Waals surface area contributed by atoms with E-state index in [2.05, 4.69) is 4.72 Å². The number of nitrogens with one attached hydrogen (secondary N) is 1. The summed E-state index contributed by atoms with van der Waals surface area (Å²) in [5.41, 5.74) is 0. The summed E-state index contributed by atoms with van der Waals surface area (Å²) in [6, 6.07) is 7.95. The molecule has 0 aliphatic heterocycles. The molecule has 1 aromatic carbocycles. The van der Waals surface area contributed by atoms with E-state index >= 15 is 0 Å². The molecule has 9 heteroatoms. The fraction of sp³-hybridized carbons (Fsp3) is 0.333. The summed E-state index contributed by atoms with van der Waals surface area (Å²) in [7, 11) is -2.29. The molecule has 0 saturated heterocycles. The molecule has 2 N–H and O–H groups in total. The molecule has 0 bridgehead atoms. The standard InChI is InChI=1S/C15H18ClNO5S2/c1-21-13-5-4-11(9-12(13)16)24(19,20)17-10-14(22-7-6-18)15-3-2-8-23-15/h2-5,8-9,14,17-18H,6-7,10H2,1H3/t14-/m1/s1. The van der Waals surface area contributed by atoms with Crippen LogP contribution in [0, 0.1) is 0 Å². The fourth-order valence-electron chi connectivity index (χ4n) is 1.99. The maximum atomic E-state index is 12.4. The number of ether oxygens (including phenoxy) is 2. The molecule has 6 nitrogen and oxygen atoms in total. The monoisotopic (exact) mass is 391 g/mol. The fourth-order valence-corrected chi connectivity index (χ4v) is 4.15. The van der Waals surface area contributed by atoms with E-state index in [1.54, 1.807) is 0 Å². The normalized spacial score (nSPS) is 13.0. The molecule has 0 fully saturated rings. The molecule has 132 valence electrons. The summed E-state index contributed by atoms with van der Waals surface area (Å²) >= 11 is 7.44. The highest BCUT2D eigenvalue weighted by molar-refractivity contribution is 7.89. The first-order chi connectivity index (χ1) is 11.5. The molecule has 1 heterocycles. The summed E-state index contributed by atoms with van der Waals surface area (Å²) in [6.07, 6.45) is -0.472. The van der Waals surface area contributed by atoms with Crippen LogP contribution in [0.1, 0.15) is 11.0 Å². The topological polar surface area (TPSA) is 84.9 Å². The van der Waals surface area contributed by atoms with Crippen LogP contribution in [-0.2, 0) is 14.8 Å². The predicted molar refractivity (Wildman–Crippen MR) is 93.3 cm³/mol. The number of halogens is 1. The van der Waals surface area contributed by atoms with Crippen molar-refractivity contribution in [2.45, 2.75) is 11.0 Å². The predicted octanol–water partition coefficient (Wildman–Crippen LogP) is 2.44. The van der Waals surface area contributed by atoms with E-state index in [1.807, 2.05) is 17.5 Å². The lowest BCUT2D eigenvalue weighted by atomic mass is 10.3. The summed E-state index contributed by atoms with van der Waals surface area (Å²) in [4.78, 5) is 0.916. The van der Waals surface area contributed by atoms with Gasteiger partial charge in [-0.25, -0.2) is 13.1 Å². The first kappa shape index (κ1) is 19.2. The van der Waals surface area contributed by atoms with E-state index in [0.717, 1.165) is 4.88 Å². The van der Waals surface area contributed by atoms with Crippen LogP contribution in [0.15, 0.2) is 40.6 Å². The van der Waals surface area contributed by atoms with Crippen LogP contribution in [0.2, 0.25) is 5.02 Å². The average molecular weight is 392 g/mol. The van der Waals surface area contributed by atoms with Gasteiger partial charge in [-0.1, -0.05) is 17.7 Å². The molecule has 0 aliphatic carbocycles. The maximum Gasteiger partial charge on any atom is 0.240 e. The zero-order valence-electron chi connectivity index (χ0n) is 12.9. The van der Waals surface area contributed by atoms with Crippen LogP contribution in [-0.4, -0.2) is 40.4 Å². The van der Waals surface area contributed by atoms with Crippen molar-refractivity contribution in [2.24, 2.45) is 0 Å². The van der Waals surface area contributed by atoms with Crippen LogP contribution >= 0.6 is 22.9 Å². The molecule has 2 rings (SSSR count). The molecule has 0 spiro atoms. The molecule has 24 heavy (non-hydrogen) atoms. The third-order valence-electron chi connectivity index (χ3n) is 3.16. The Kier molecular flexibility index (Phi) is 7.02. The highest BCUT2D eigenvalue weighted by Gasteiger charge is 2.20. The quantitative estimate of drug-likeness (QED) is 0.685. The third-order valence-corrected chi connectivity index (χ3v) is 5.84. The molecule has 1 atom stereocenters. The van der Waals surface area contributed by atoms with Gasteiger partial charge in [0.1, 0.15) is 11.9 Å². The summed E-state index contributed by atoms with van der Waals surface area (Å²) in [6.45, 7) is 0.0356. The van der Waals surface area contributed by atoms with Gasteiger partial charge in [-0.2, -0.15) is 0 Å². The average Bonchev–Trinajstić information content (AvgIpc) is 3.09. The smallest absolute Gasteiger partial charge is 0.240 e. The van der Waals surface area contributed by atoms with E-state index in [-0.39, 0.29) is 29.7 Å². The number of hydrogen-bond donors (Lipinski definition) is 2. The van der Waals surface area contributed by atoms with Gasteiger partial charge >= 0.3 is 0 Å². The summed E-state index contributed by atoms with van der Waals surface area (Å²) < 4.78 is 37.9. The molecule has 0 unspecified atom stereocenters. The minimum atomic E-state index is -3.75. The number of rotatable bonds is 9. The number of methoxy groups -OCH3 is 1. The molecule has 1 aromatic heterocycles. The first-order valence-electron chi connectivity index (χ1n) is 7.07. The van der Waals surface area contributed by atoms with Crippen molar-refractivity contribution in [3.8, 4) is 5.75 Å². The Morgan fingerprint density at radius 3 is 2.75 bits per heavy atom. The Bertz CT molecular complexity index is 749. The zero-order valence-corrected chi connectivity index (χ0v) is 15.3. The van der Waals surface area contributed by atoms with Crippen LogP contribution < -0.4 is 9.46 Å². The molecule has 0 radical (unpaired) electrons. The lowest BCUT2D eigenvalue weighted by Gasteiger charge is -2.17. The van der Waals surface area contributed by atoms with Gasteiger partial charge in [-0.15, -0.1) is 11.3 Å². The van der Waals surface area contributed by atoms with Crippen LogP contribution in [0.25, 0.3) is 0 Å². The number of sulfonamides is 1. The Morgan fingerprint density at radius 1 is 1.38 bits per heavy atom. The second kappa shape index (κ2) is 8.80. The van der Waals surface area contributed by atoms with Crippen molar-refractivity contribution in [3.63, 3.8) is 0 Å². The summed E-state index contributed by atoms with van der Waals surface area (Å²) in [5, 5.41) is 11.0. The Balaban J connectivity index is 2.11. The van der Waals surface area contributed by atoms with Crippen molar-refractivity contribution in [1.29, 1.82) is 0 Å². The molecule has 2 aromatic rings. The molecule has 0 amide bonds. The second-order valence-corrected chi connectivity index (χ2v) is 7.90. The van der Waals surface area contributed by atoms with E-state index in [1.165, 1.54) is 36.6 Å². The van der Waals surface area contributed by atoms with Gasteiger partial charge in [0.2, 0.25) is 10.0 Å². The van der Waals surface area contributed by atoms with E-state index < -0.39 is 16.1 Å². The van der Waals surface area contributed by atoms with Gasteiger partial charge < -0.3 is 14.6 Å². The van der Waals surface area contributed by atoms with Crippen molar-refractivity contribution < 1.29 is 23.0 Å². The van der Waals surface area contributed by atoms with Gasteiger partial charge in [0.15, 0.2) is 0 Å². The number of aliphatic hydroxyl groups excluding tert-OH is 1. The highest BCUT2D eigenvalue weighted by atomic mass is 35.5. The third kappa shape index (κ3) is 4.92. The number of benzene rings is 1. The second-order valence-electron chi connectivity index (χ2n) is 4.75. The minimum Gasteiger partial charge on any atom is -0.495 e. The van der Waals surface area contributed by atoms with Crippen molar-refractivity contribution in [1.82, 2.24) is 4.72 Å². The Morgan fingerprint density at radius 2 is 2.17 bits per heavy atom.